The van der Waals surface area contributed by atoms with Gasteiger partial charge >= 0.3 is 5.97 Å². The highest BCUT2D eigenvalue weighted by atomic mass is 16.4. The molecule has 0 aliphatic carbocycles. The lowest BCUT2D eigenvalue weighted by atomic mass is 9.91. The molecule has 1 saturated heterocycles. The van der Waals surface area contributed by atoms with Gasteiger partial charge in [-0.15, -0.1) is 0 Å². The number of nitrogens with zero attached hydrogens (tertiary/aromatic N) is 1. The van der Waals surface area contributed by atoms with Crippen LogP contribution in [-0.4, -0.2) is 36.1 Å². The fourth-order valence-corrected chi connectivity index (χ4v) is 2.47. The van der Waals surface area contributed by atoms with Gasteiger partial charge < -0.3 is 10.0 Å². The highest BCUT2D eigenvalue weighted by molar-refractivity contribution is 5.87. The summed E-state index contributed by atoms with van der Waals surface area (Å²) in [6.07, 6.45) is 3.60. The number of rotatable bonds is 2. The normalized spacial score (nSPS) is 22.1. The predicted molar refractivity (Wildman–Crippen MR) is 67.5 cm³/mol. The Morgan fingerprint density at radius 3 is 2.59 bits per heavy atom. The van der Waals surface area contributed by atoms with E-state index in [0.717, 1.165) is 6.54 Å². The van der Waals surface area contributed by atoms with Crippen LogP contribution in [-0.2, 0) is 0 Å². The Morgan fingerprint density at radius 2 is 1.94 bits per heavy atom. The van der Waals surface area contributed by atoms with Crippen LogP contribution in [0.1, 0.15) is 41.1 Å². The van der Waals surface area contributed by atoms with Crippen LogP contribution in [0.2, 0.25) is 0 Å². The van der Waals surface area contributed by atoms with Gasteiger partial charge in [0.15, 0.2) is 0 Å². The molecule has 17 heavy (non-hydrogen) atoms. The molecule has 1 aromatic rings. The number of hydrogen-bond donors (Lipinski definition) is 1. The van der Waals surface area contributed by atoms with E-state index in [1.165, 1.54) is 31.4 Å². The van der Waals surface area contributed by atoms with Crippen molar-refractivity contribution in [3.63, 3.8) is 0 Å². The third kappa shape index (κ3) is 3.07. The van der Waals surface area contributed by atoms with Gasteiger partial charge in [0.1, 0.15) is 0 Å². The van der Waals surface area contributed by atoms with Gasteiger partial charge in [0.05, 0.1) is 5.56 Å². The van der Waals surface area contributed by atoms with Crippen LogP contribution in [0.5, 0.6) is 0 Å². The van der Waals surface area contributed by atoms with Crippen molar-refractivity contribution in [2.24, 2.45) is 0 Å². The molecule has 2 rings (SSSR count). The minimum absolute atomic E-state index is 0.375. The Labute approximate surface area is 102 Å². The summed E-state index contributed by atoms with van der Waals surface area (Å²) in [5.41, 5.74) is 1.66. The van der Waals surface area contributed by atoms with Gasteiger partial charge in [-0.05, 0) is 63.0 Å². The van der Waals surface area contributed by atoms with Gasteiger partial charge in [-0.1, -0.05) is 12.1 Å². The van der Waals surface area contributed by atoms with Crippen LogP contribution in [0, 0.1) is 0 Å². The minimum atomic E-state index is -0.850. The molecule has 0 aromatic heterocycles. The van der Waals surface area contributed by atoms with Crippen LogP contribution in [0.25, 0.3) is 0 Å². The standard InChI is InChI=1S/C14H19NO2/c1-15-9-2-3-11(8-10-15)12-4-6-13(7-5-12)14(16)17/h4-7,11H,2-3,8-10H2,1H3,(H,16,17). The number of hydrogen-bond acceptors (Lipinski definition) is 2. The van der Waals surface area contributed by atoms with Crippen LogP contribution in [0.3, 0.4) is 0 Å². The predicted octanol–water partition coefficient (Wildman–Crippen LogP) is 2.58. The number of likely N-dealkylation sites (tertiary alicyclic amines) is 1. The molecule has 0 amide bonds. The molecule has 3 heteroatoms. The number of aromatic carboxylic acids is 1. The average molecular weight is 233 g/mol. The molecular weight excluding hydrogens is 214 g/mol. The number of carboxylic acid groups (broad SMARTS) is 1. The Kier molecular flexibility index (Phi) is 3.79. The van der Waals surface area contributed by atoms with E-state index >= 15 is 0 Å². The third-order valence-electron chi connectivity index (χ3n) is 3.58. The second-order valence-corrected chi connectivity index (χ2v) is 4.86. The first-order valence-electron chi connectivity index (χ1n) is 6.18. The van der Waals surface area contributed by atoms with Crippen molar-refractivity contribution in [2.75, 3.05) is 20.1 Å². The van der Waals surface area contributed by atoms with Gasteiger partial charge in [-0.25, -0.2) is 4.79 Å². The second-order valence-electron chi connectivity index (χ2n) is 4.86. The quantitative estimate of drug-likeness (QED) is 0.853. The lowest BCUT2D eigenvalue weighted by molar-refractivity contribution is 0.0697. The van der Waals surface area contributed by atoms with Crippen LogP contribution in [0.15, 0.2) is 24.3 Å². The maximum Gasteiger partial charge on any atom is 0.335 e. The summed E-state index contributed by atoms with van der Waals surface area (Å²) in [7, 11) is 2.16. The van der Waals surface area contributed by atoms with Gasteiger partial charge in [0.25, 0.3) is 0 Å². The Hall–Kier alpha value is -1.35. The van der Waals surface area contributed by atoms with E-state index in [4.69, 9.17) is 5.11 Å². The summed E-state index contributed by atoms with van der Waals surface area (Å²) in [4.78, 5) is 13.1. The molecule has 0 spiro atoms. The lowest BCUT2D eigenvalue weighted by Crippen LogP contribution is -2.18. The molecule has 3 nitrogen and oxygen atoms in total. The van der Waals surface area contributed by atoms with E-state index < -0.39 is 5.97 Å². The summed E-state index contributed by atoms with van der Waals surface area (Å²) in [5, 5.41) is 8.86. The van der Waals surface area contributed by atoms with Crippen molar-refractivity contribution >= 4 is 5.97 Å². The maximum atomic E-state index is 10.8. The largest absolute Gasteiger partial charge is 0.478 e. The van der Waals surface area contributed by atoms with E-state index in [-0.39, 0.29) is 0 Å². The van der Waals surface area contributed by atoms with Crippen molar-refractivity contribution in [1.82, 2.24) is 4.90 Å². The summed E-state index contributed by atoms with van der Waals surface area (Å²) >= 11 is 0. The van der Waals surface area contributed by atoms with Gasteiger partial charge in [0.2, 0.25) is 0 Å². The SMILES string of the molecule is CN1CCCC(c2ccc(C(=O)O)cc2)CC1. The molecule has 0 bridgehead atoms. The Bertz CT molecular complexity index is 386. The van der Waals surface area contributed by atoms with Crippen molar-refractivity contribution in [3.8, 4) is 0 Å². The molecule has 1 fully saturated rings. The van der Waals surface area contributed by atoms with Gasteiger partial charge in [-0.2, -0.15) is 0 Å². The van der Waals surface area contributed by atoms with Crippen molar-refractivity contribution in [3.05, 3.63) is 35.4 Å². The van der Waals surface area contributed by atoms with Gasteiger partial charge in [0, 0.05) is 0 Å². The molecule has 1 aliphatic rings. The fourth-order valence-electron chi connectivity index (χ4n) is 2.47. The van der Waals surface area contributed by atoms with Crippen LogP contribution in [0.4, 0.5) is 0 Å². The first kappa shape index (κ1) is 12.1. The monoisotopic (exact) mass is 233 g/mol. The molecule has 1 aliphatic heterocycles. The molecule has 92 valence electrons. The van der Waals surface area contributed by atoms with E-state index in [9.17, 15) is 4.79 Å². The highest BCUT2D eigenvalue weighted by Crippen LogP contribution is 2.27. The average Bonchev–Trinajstić information content (AvgIpc) is 2.54. The number of carbonyl (C=O) groups is 1. The summed E-state index contributed by atoms with van der Waals surface area (Å²) < 4.78 is 0. The lowest BCUT2D eigenvalue weighted by Gasteiger charge is -2.15. The van der Waals surface area contributed by atoms with Crippen molar-refractivity contribution < 1.29 is 9.90 Å². The molecule has 1 N–H and O–H groups in total. The van der Waals surface area contributed by atoms with E-state index in [1.54, 1.807) is 12.1 Å². The molecule has 0 saturated carbocycles. The number of carboxylic acids is 1. The zero-order valence-electron chi connectivity index (χ0n) is 10.2. The van der Waals surface area contributed by atoms with E-state index in [2.05, 4.69) is 11.9 Å². The molecule has 0 radical (unpaired) electrons. The third-order valence-corrected chi connectivity index (χ3v) is 3.58. The van der Waals surface area contributed by atoms with Crippen LogP contribution >= 0.6 is 0 Å². The Balaban J connectivity index is 2.08. The first-order chi connectivity index (χ1) is 8.16. The van der Waals surface area contributed by atoms with Crippen molar-refractivity contribution in [1.29, 1.82) is 0 Å². The molecule has 1 heterocycles. The molecule has 1 atom stereocenters. The van der Waals surface area contributed by atoms with Gasteiger partial charge in [-0.3, -0.25) is 0 Å². The van der Waals surface area contributed by atoms with Crippen LogP contribution < -0.4 is 0 Å². The summed E-state index contributed by atoms with van der Waals surface area (Å²) in [6, 6.07) is 7.37. The highest BCUT2D eigenvalue weighted by Gasteiger charge is 2.16. The summed E-state index contributed by atoms with van der Waals surface area (Å²) in [6.45, 7) is 2.30. The smallest absolute Gasteiger partial charge is 0.335 e. The maximum absolute atomic E-state index is 10.8. The summed E-state index contributed by atoms with van der Waals surface area (Å²) in [5.74, 6) is -0.264. The van der Waals surface area contributed by atoms with Crippen molar-refractivity contribution in [2.45, 2.75) is 25.2 Å². The topological polar surface area (TPSA) is 40.5 Å². The second kappa shape index (κ2) is 5.32. The zero-order valence-corrected chi connectivity index (χ0v) is 10.2. The zero-order chi connectivity index (χ0) is 12.3. The molecular formula is C14H19NO2. The first-order valence-corrected chi connectivity index (χ1v) is 6.18. The molecule has 1 aromatic carbocycles. The molecule has 1 unspecified atom stereocenters. The fraction of sp³-hybridized carbons (Fsp3) is 0.500. The Morgan fingerprint density at radius 1 is 1.24 bits per heavy atom. The minimum Gasteiger partial charge on any atom is -0.478 e. The van der Waals surface area contributed by atoms with E-state index in [1.807, 2.05) is 12.1 Å². The number of benzene rings is 1. The van der Waals surface area contributed by atoms with E-state index in [0.29, 0.717) is 11.5 Å².